The number of β-amino-alcohol motifs (C(OH)–C–C–N with tert-alkyl or cyclic N) is 1. The smallest absolute Gasteiger partial charge is 0.258 e. The quantitative estimate of drug-likeness (QED) is 0.255. The van der Waals surface area contributed by atoms with Crippen molar-refractivity contribution in [3.05, 3.63) is 71.7 Å². The van der Waals surface area contributed by atoms with Gasteiger partial charge in [0.25, 0.3) is 11.8 Å². The molecule has 0 unspecified atom stereocenters. The highest BCUT2D eigenvalue weighted by Crippen LogP contribution is 2.32. The molecule has 2 amide bonds. The highest BCUT2D eigenvalue weighted by Gasteiger charge is 2.47. The van der Waals surface area contributed by atoms with E-state index < -0.39 is 29.2 Å². The number of nitrogens with one attached hydrogen (secondary N) is 2. The van der Waals surface area contributed by atoms with Crippen LogP contribution >= 0.6 is 0 Å². The van der Waals surface area contributed by atoms with Crippen LogP contribution in [0.15, 0.2) is 48.9 Å². The second-order valence-corrected chi connectivity index (χ2v) is 11.2. The van der Waals surface area contributed by atoms with Crippen molar-refractivity contribution in [1.29, 1.82) is 0 Å². The molecule has 2 atom stereocenters. The molecule has 0 spiro atoms. The molecule has 4 aromatic rings. The Hall–Kier alpha value is -4.66. The highest BCUT2D eigenvalue weighted by molar-refractivity contribution is 5.96. The van der Waals surface area contributed by atoms with Crippen molar-refractivity contribution in [2.75, 3.05) is 51.7 Å². The maximum atomic E-state index is 14.8. The van der Waals surface area contributed by atoms with E-state index >= 15 is 0 Å². The van der Waals surface area contributed by atoms with Crippen LogP contribution in [0.25, 0.3) is 16.9 Å². The van der Waals surface area contributed by atoms with Gasteiger partial charge in [0.2, 0.25) is 5.82 Å². The Morgan fingerprint density at radius 3 is 2.56 bits per heavy atom. The number of ether oxygens (including phenoxy) is 1. The highest BCUT2D eigenvalue weighted by atomic mass is 19.2. The fraction of sp³-hybridized carbons (Fsp3) is 0.355. The van der Waals surface area contributed by atoms with E-state index in [2.05, 4.69) is 20.6 Å². The second kappa shape index (κ2) is 12.0. The summed E-state index contributed by atoms with van der Waals surface area (Å²) in [6.45, 7) is 3.39. The lowest BCUT2D eigenvalue weighted by atomic mass is 9.89. The summed E-state index contributed by atoms with van der Waals surface area (Å²) in [5.41, 5.74) is 0.701. The fourth-order valence-electron chi connectivity index (χ4n) is 5.86. The number of aryl methyl sites for hydroxylation is 1. The summed E-state index contributed by atoms with van der Waals surface area (Å²) in [6, 6.07) is 8.01. The average Bonchev–Trinajstić information content (AvgIpc) is 3.48. The van der Waals surface area contributed by atoms with Gasteiger partial charge in [-0.25, -0.2) is 14.4 Å². The van der Waals surface area contributed by atoms with Crippen LogP contribution in [-0.4, -0.2) is 104 Å². The monoisotopic (exact) mass is 621 g/mol. The van der Waals surface area contributed by atoms with E-state index in [4.69, 9.17) is 4.74 Å². The largest absolute Gasteiger partial charge is 0.494 e. The molecule has 2 aromatic carbocycles. The number of hydrogen-bond donors (Lipinski definition) is 4. The van der Waals surface area contributed by atoms with Crippen LogP contribution in [0.1, 0.15) is 22.3 Å². The van der Waals surface area contributed by atoms with Gasteiger partial charge in [0.05, 0.1) is 25.1 Å². The van der Waals surface area contributed by atoms with Gasteiger partial charge in [0.15, 0.2) is 28.6 Å². The zero-order chi connectivity index (χ0) is 31.9. The number of nitrogens with zero attached hydrogens (tertiary/aromatic N) is 5. The Morgan fingerprint density at radius 2 is 1.84 bits per heavy atom. The molecule has 2 aliphatic heterocycles. The van der Waals surface area contributed by atoms with Gasteiger partial charge in [0, 0.05) is 61.9 Å². The predicted molar refractivity (Wildman–Crippen MR) is 160 cm³/mol. The number of imidazole rings is 1. The third kappa shape index (κ3) is 5.45. The van der Waals surface area contributed by atoms with Gasteiger partial charge in [-0.3, -0.25) is 14.0 Å². The normalized spacial score (nSPS) is 20.4. The first-order valence-electron chi connectivity index (χ1n) is 14.5. The summed E-state index contributed by atoms with van der Waals surface area (Å²) in [7, 11) is 1.26. The van der Waals surface area contributed by atoms with Crippen molar-refractivity contribution in [3.8, 4) is 17.0 Å². The van der Waals surface area contributed by atoms with Crippen LogP contribution in [-0.2, 0) is 4.79 Å². The van der Waals surface area contributed by atoms with Crippen molar-refractivity contribution in [2.24, 2.45) is 0 Å². The van der Waals surface area contributed by atoms with Crippen LogP contribution in [0, 0.1) is 18.6 Å². The maximum Gasteiger partial charge on any atom is 0.258 e. The molecule has 0 bridgehead atoms. The molecule has 6 rings (SSSR count). The number of methoxy groups -OCH3 is 1. The number of carbonyl (C=O) groups is 2. The minimum absolute atomic E-state index is 0.0151. The molecule has 2 aliphatic rings. The van der Waals surface area contributed by atoms with Crippen LogP contribution in [0.5, 0.6) is 5.75 Å². The maximum absolute atomic E-state index is 14.8. The number of aromatic nitrogens is 3. The number of anilines is 2. The minimum Gasteiger partial charge on any atom is -0.494 e. The number of benzene rings is 2. The summed E-state index contributed by atoms with van der Waals surface area (Å²) >= 11 is 0. The number of piperidine rings is 1. The Balaban J connectivity index is 1.15. The van der Waals surface area contributed by atoms with Gasteiger partial charge in [-0.1, -0.05) is 0 Å². The molecule has 2 fully saturated rings. The molecule has 2 aromatic heterocycles. The van der Waals surface area contributed by atoms with E-state index in [1.54, 1.807) is 33.7 Å². The molecule has 4 N–H and O–H groups in total. The summed E-state index contributed by atoms with van der Waals surface area (Å²) in [4.78, 5) is 38.3. The molecule has 0 saturated carbocycles. The topological polar surface area (TPSA) is 145 Å². The fourth-order valence-corrected chi connectivity index (χ4v) is 5.86. The van der Waals surface area contributed by atoms with E-state index in [9.17, 15) is 28.6 Å². The van der Waals surface area contributed by atoms with Crippen LogP contribution in [0.2, 0.25) is 0 Å². The van der Waals surface area contributed by atoms with Crippen molar-refractivity contribution in [1.82, 2.24) is 29.5 Å². The summed E-state index contributed by atoms with van der Waals surface area (Å²) in [5, 5.41) is 27.2. The zero-order valence-corrected chi connectivity index (χ0v) is 24.8. The number of carbonyl (C=O) groups excluding carboxylic acids is 2. The summed E-state index contributed by atoms with van der Waals surface area (Å²) in [6.07, 6.45) is 3.68. The summed E-state index contributed by atoms with van der Waals surface area (Å²) in [5.74, 6) is -2.68. The van der Waals surface area contributed by atoms with Crippen molar-refractivity contribution in [2.45, 2.75) is 25.0 Å². The number of halogens is 2. The van der Waals surface area contributed by atoms with Crippen molar-refractivity contribution < 1.29 is 33.3 Å². The van der Waals surface area contributed by atoms with E-state index in [0.717, 1.165) is 0 Å². The second-order valence-electron chi connectivity index (χ2n) is 11.2. The Labute approximate surface area is 257 Å². The molecule has 236 valence electrons. The molecule has 4 heterocycles. The molecular formula is C31H33F2N7O5. The van der Waals surface area contributed by atoms with Gasteiger partial charge in [-0.2, -0.15) is 4.39 Å². The minimum atomic E-state index is -1.87. The Bertz CT molecular complexity index is 1770. The molecule has 0 radical (unpaired) electrons. The number of hydrogen-bond acceptors (Lipinski definition) is 9. The Kier molecular flexibility index (Phi) is 8.12. The van der Waals surface area contributed by atoms with Crippen LogP contribution in [0.3, 0.4) is 0 Å². The van der Waals surface area contributed by atoms with E-state index in [1.807, 2.05) is 6.92 Å². The summed E-state index contributed by atoms with van der Waals surface area (Å²) < 4.78 is 35.7. The lowest BCUT2D eigenvalue weighted by Gasteiger charge is -2.42. The first-order chi connectivity index (χ1) is 21.6. The van der Waals surface area contributed by atoms with Crippen molar-refractivity contribution in [3.63, 3.8) is 0 Å². The average molecular weight is 622 g/mol. The number of amides is 2. The van der Waals surface area contributed by atoms with E-state index in [1.165, 1.54) is 36.5 Å². The van der Waals surface area contributed by atoms with Gasteiger partial charge in [-0.15, -0.1) is 0 Å². The van der Waals surface area contributed by atoms with Gasteiger partial charge in [0.1, 0.15) is 0 Å². The number of piperazine rings is 1. The lowest BCUT2D eigenvalue weighted by molar-refractivity contribution is -0.168. The van der Waals surface area contributed by atoms with Crippen LogP contribution < -0.4 is 15.4 Å². The SMILES string of the molecule is COc1ccc(-c2cnc3c(Nc4ccc(C(=O)N5CCN(C(=O)[C@@]6(O)CNCC[C@@H]6O)CC5)c(C)c4)nccn23)c(F)c1F. The molecular weight excluding hydrogens is 588 g/mol. The standard InChI is InChI=1S/C31H33F2N7O5/c1-18-15-19(37-27-28-36-16-22(40(28)10-9-35-27)21-5-6-23(45-2)26(33)25(21)32)3-4-20(18)29(42)38-11-13-39(14-12-38)30(43)31(44)17-34-8-7-24(31)41/h3-6,9-10,15-16,24,34,41,44H,7-8,11-14,17H2,1-2H3,(H,35,37)/t24-,31+/m0/s1. The predicted octanol–water partition coefficient (Wildman–Crippen LogP) is 2.10. The molecule has 45 heavy (non-hydrogen) atoms. The van der Waals surface area contributed by atoms with E-state index in [0.29, 0.717) is 40.5 Å². The third-order valence-electron chi connectivity index (χ3n) is 8.46. The Morgan fingerprint density at radius 1 is 1.09 bits per heavy atom. The molecule has 2 saturated heterocycles. The third-order valence-corrected chi connectivity index (χ3v) is 8.46. The lowest BCUT2D eigenvalue weighted by Crippen LogP contribution is -2.66. The zero-order valence-electron chi connectivity index (χ0n) is 24.8. The van der Waals surface area contributed by atoms with Crippen molar-refractivity contribution >= 4 is 29.0 Å². The first-order valence-corrected chi connectivity index (χ1v) is 14.5. The molecule has 12 nitrogen and oxygen atoms in total. The number of aliphatic hydroxyl groups is 2. The van der Waals surface area contributed by atoms with E-state index in [-0.39, 0.29) is 56.4 Å². The van der Waals surface area contributed by atoms with Gasteiger partial charge >= 0.3 is 0 Å². The first kappa shape index (κ1) is 30.4. The van der Waals surface area contributed by atoms with Gasteiger partial charge < -0.3 is 35.4 Å². The number of fused-ring (bicyclic) bond motifs is 1. The number of rotatable bonds is 6. The number of aliphatic hydroxyl groups excluding tert-OH is 1. The van der Waals surface area contributed by atoms with Gasteiger partial charge in [-0.05, 0) is 55.8 Å². The van der Waals surface area contributed by atoms with Crippen LogP contribution in [0.4, 0.5) is 20.3 Å². The molecule has 0 aliphatic carbocycles. The molecule has 14 heteroatoms.